The highest BCUT2D eigenvalue weighted by molar-refractivity contribution is 5.91. The number of hydrogen-bond donors (Lipinski definition) is 5. The maximum absolute atomic E-state index is 13.5. The van der Waals surface area contributed by atoms with Gasteiger partial charge >= 0.3 is 5.97 Å². The summed E-state index contributed by atoms with van der Waals surface area (Å²) in [5.74, 6) is -7.28. The third-order valence-electron chi connectivity index (χ3n) is 13.4. The molecule has 0 aromatic carbocycles. The van der Waals surface area contributed by atoms with Crippen LogP contribution in [0.25, 0.3) is 0 Å². The molecule has 3 aliphatic heterocycles. The fraction of sp³-hybridized carbons (Fsp3) is 0.800. The zero-order valence-corrected chi connectivity index (χ0v) is 35.8. The number of carbonyl (C=O) groups is 3. The summed E-state index contributed by atoms with van der Waals surface area (Å²) in [5.41, 5.74) is -2.18. The average Bonchev–Trinajstić information content (AvgIpc) is 3.16. The second kappa shape index (κ2) is 20.6. The van der Waals surface area contributed by atoms with Crippen molar-refractivity contribution >= 4 is 17.5 Å². The predicted octanol–water partition coefficient (Wildman–Crippen LogP) is 5.88. The van der Waals surface area contributed by atoms with Crippen LogP contribution in [0.3, 0.4) is 0 Å². The molecule has 320 valence electrons. The average molecular weight is 791 g/mol. The number of esters is 1. The minimum absolute atomic E-state index is 0.168. The molecule has 11 heteroatoms. The van der Waals surface area contributed by atoms with Crippen LogP contribution in [0.5, 0.6) is 0 Å². The molecule has 0 aromatic rings. The lowest BCUT2D eigenvalue weighted by Gasteiger charge is -2.55. The number of ether oxygens (including phenoxy) is 3. The highest BCUT2D eigenvalue weighted by Crippen LogP contribution is 2.49. The van der Waals surface area contributed by atoms with E-state index in [9.17, 15) is 39.9 Å². The largest absolute Gasteiger partial charge is 0.458 e. The Labute approximate surface area is 336 Å². The predicted molar refractivity (Wildman–Crippen MR) is 215 cm³/mol. The van der Waals surface area contributed by atoms with Crippen molar-refractivity contribution in [2.75, 3.05) is 0 Å². The van der Waals surface area contributed by atoms with Gasteiger partial charge in [-0.05, 0) is 70.1 Å². The van der Waals surface area contributed by atoms with Gasteiger partial charge < -0.3 is 39.7 Å². The van der Waals surface area contributed by atoms with E-state index < -0.39 is 89.0 Å². The Hall–Kier alpha value is -2.25. The van der Waals surface area contributed by atoms with Crippen LogP contribution in [0.2, 0.25) is 0 Å². The molecule has 18 atom stereocenters. The Balaban J connectivity index is 1.99. The van der Waals surface area contributed by atoms with Crippen molar-refractivity contribution in [1.29, 1.82) is 0 Å². The molecule has 5 unspecified atom stereocenters. The summed E-state index contributed by atoms with van der Waals surface area (Å²) < 4.78 is 20.0. The molecule has 0 saturated carbocycles. The van der Waals surface area contributed by atoms with Crippen LogP contribution in [0.1, 0.15) is 121 Å². The third kappa shape index (κ3) is 11.5. The Morgan fingerprint density at radius 2 is 1.48 bits per heavy atom. The van der Waals surface area contributed by atoms with Crippen molar-refractivity contribution in [3.63, 3.8) is 0 Å². The fourth-order valence-electron chi connectivity index (χ4n) is 9.01. The second-order valence-electron chi connectivity index (χ2n) is 18.0. The van der Waals surface area contributed by atoms with Gasteiger partial charge in [-0.15, -0.1) is 0 Å². The first kappa shape index (κ1) is 48.1. The van der Waals surface area contributed by atoms with E-state index in [1.165, 1.54) is 39.8 Å². The molecule has 0 radical (unpaired) electrons. The molecule has 2 fully saturated rings. The lowest BCUT2D eigenvalue weighted by atomic mass is 9.74. The van der Waals surface area contributed by atoms with Gasteiger partial charge in [0.2, 0.25) is 0 Å². The van der Waals surface area contributed by atoms with E-state index in [4.69, 9.17) is 14.2 Å². The minimum Gasteiger partial charge on any atom is -0.458 e. The number of rotatable bonds is 3. The summed E-state index contributed by atoms with van der Waals surface area (Å²) >= 11 is 0. The standard InChI is InChI=1S/C45H74O11/c1-12-34-17-15-13-14-16-27(4)42(51)44(11,53)43(52)32(9)40(50)31(8)39(49)30(7)38(48)26(3)18-21-37(47)54-41-29(6)35(20-19-34)55-45(33(41)10)23-22-25(2)36(56-45)24-28(5)46/h13-15,17-18,21,25-36,38,40-42,46,48,50-51,53H,12,16,19-20,22-24H2,1-11H3/b14-13+,17-15+,21-18+/t25-,26-,27+,28+,29+,30-,31+,32+,33-,34?,35?,36?,38+,40-,41?,42-,44+,45?/m1/s1. The van der Waals surface area contributed by atoms with Gasteiger partial charge in [0.1, 0.15) is 17.5 Å². The summed E-state index contributed by atoms with van der Waals surface area (Å²) in [6.07, 6.45) is 9.62. The van der Waals surface area contributed by atoms with Crippen LogP contribution in [-0.4, -0.2) is 97.2 Å². The number of aliphatic hydroxyl groups excluding tert-OH is 4. The normalized spacial score (nSPS) is 46.8. The van der Waals surface area contributed by atoms with Gasteiger partial charge in [0, 0.05) is 48.0 Å². The van der Waals surface area contributed by atoms with E-state index in [0.29, 0.717) is 25.7 Å². The summed E-state index contributed by atoms with van der Waals surface area (Å²) in [6.45, 7) is 19.1. The van der Waals surface area contributed by atoms with Gasteiger partial charge in [-0.1, -0.05) is 92.7 Å². The first-order valence-electron chi connectivity index (χ1n) is 21.2. The quantitative estimate of drug-likeness (QED) is 0.216. The molecule has 1 spiro atoms. The molecule has 3 heterocycles. The number of fused-ring (bicyclic) bond motifs is 2. The first-order valence-corrected chi connectivity index (χ1v) is 21.2. The van der Waals surface area contributed by atoms with Gasteiger partial charge in [-0.25, -0.2) is 4.79 Å². The Morgan fingerprint density at radius 3 is 2.11 bits per heavy atom. The number of carbonyl (C=O) groups excluding carboxylic acids is 3. The maximum Gasteiger partial charge on any atom is 0.330 e. The highest BCUT2D eigenvalue weighted by Gasteiger charge is 2.56. The number of aliphatic hydroxyl groups is 5. The van der Waals surface area contributed by atoms with Gasteiger partial charge in [-0.3, -0.25) is 9.59 Å². The molecule has 0 aromatic heterocycles. The van der Waals surface area contributed by atoms with Crippen molar-refractivity contribution in [3.8, 4) is 0 Å². The van der Waals surface area contributed by atoms with E-state index in [-0.39, 0.29) is 35.9 Å². The van der Waals surface area contributed by atoms with E-state index in [1.807, 2.05) is 32.1 Å². The Bertz CT molecular complexity index is 1390. The lowest BCUT2D eigenvalue weighted by Crippen LogP contribution is -2.62. The Kier molecular flexibility index (Phi) is 17.7. The summed E-state index contributed by atoms with van der Waals surface area (Å²) in [6, 6.07) is 0. The molecule has 2 saturated heterocycles. The summed E-state index contributed by atoms with van der Waals surface area (Å²) in [7, 11) is 0. The molecule has 11 nitrogen and oxygen atoms in total. The molecule has 5 N–H and O–H groups in total. The van der Waals surface area contributed by atoms with E-state index in [1.54, 1.807) is 20.8 Å². The van der Waals surface area contributed by atoms with Crippen LogP contribution >= 0.6 is 0 Å². The van der Waals surface area contributed by atoms with Crippen LogP contribution in [0.15, 0.2) is 36.5 Å². The van der Waals surface area contributed by atoms with Crippen molar-refractivity contribution in [2.45, 2.75) is 175 Å². The molecule has 56 heavy (non-hydrogen) atoms. The first-order chi connectivity index (χ1) is 26.1. The van der Waals surface area contributed by atoms with Gasteiger partial charge in [0.25, 0.3) is 0 Å². The third-order valence-corrected chi connectivity index (χ3v) is 13.4. The van der Waals surface area contributed by atoms with Crippen LogP contribution in [0.4, 0.5) is 0 Å². The van der Waals surface area contributed by atoms with Crippen molar-refractivity contribution in [3.05, 3.63) is 36.5 Å². The number of allylic oxidation sites excluding steroid dienone is 4. The van der Waals surface area contributed by atoms with Crippen LogP contribution in [-0.2, 0) is 28.6 Å². The van der Waals surface area contributed by atoms with E-state index in [2.05, 4.69) is 19.9 Å². The number of Topliss-reactive ketones (excluding diaryl/α,β-unsaturated/α-hetero) is 2. The highest BCUT2D eigenvalue weighted by atomic mass is 16.7. The summed E-state index contributed by atoms with van der Waals surface area (Å²) in [4.78, 5) is 40.5. The Morgan fingerprint density at radius 1 is 0.839 bits per heavy atom. The van der Waals surface area contributed by atoms with Gasteiger partial charge in [-0.2, -0.15) is 0 Å². The maximum atomic E-state index is 13.5. The van der Waals surface area contributed by atoms with Crippen molar-refractivity contribution in [1.82, 2.24) is 0 Å². The molecule has 2 bridgehead atoms. The molecule has 0 aliphatic carbocycles. The number of ketones is 2. The second-order valence-corrected chi connectivity index (χ2v) is 18.0. The summed E-state index contributed by atoms with van der Waals surface area (Å²) in [5, 5.41) is 55.0. The smallest absolute Gasteiger partial charge is 0.330 e. The van der Waals surface area contributed by atoms with Gasteiger partial charge in [0.15, 0.2) is 11.6 Å². The van der Waals surface area contributed by atoms with Crippen molar-refractivity contribution in [2.24, 2.45) is 53.3 Å². The molecular formula is C45H74O11. The van der Waals surface area contributed by atoms with Gasteiger partial charge in [0.05, 0.1) is 36.6 Å². The lowest BCUT2D eigenvalue weighted by molar-refractivity contribution is -0.371. The minimum atomic E-state index is -2.18. The zero-order valence-electron chi connectivity index (χ0n) is 35.8. The monoisotopic (exact) mass is 791 g/mol. The molecular weight excluding hydrogens is 716 g/mol. The van der Waals surface area contributed by atoms with Crippen LogP contribution in [0, 0.1) is 53.3 Å². The molecule has 0 amide bonds. The van der Waals surface area contributed by atoms with E-state index in [0.717, 1.165) is 19.3 Å². The number of hydrogen-bond acceptors (Lipinski definition) is 11. The molecule has 3 rings (SSSR count). The van der Waals surface area contributed by atoms with E-state index >= 15 is 0 Å². The topological polar surface area (TPSA) is 180 Å². The van der Waals surface area contributed by atoms with Crippen LogP contribution < -0.4 is 0 Å². The fourth-order valence-corrected chi connectivity index (χ4v) is 9.01. The zero-order chi connectivity index (χ0) is 42.3. The SMILES string of the molecule is CCC1/C=C/C=C/C[C@H](C)[C@@H](O)[C@](C)(O)C(=O)[C@@H](C)[C@H](O)[C@@H](C)C(=O)[C@H](C)[C@@H](O)[C@H](C)/C=C/C(=O)OC2[C@@H](C)C(CC1)OC1(CC[C@@H](C)C(C[C@H](C)O)O1)[C@@H]2C. The molecule has 3 aliphatic rings. The van der Waals surface area contributed by atoms with Crippen molar-refractivity contribution < 1.29 is 54.1 Å².